The summed E-state index contributed by atoms with van der Waals surface area (Å²) in [6, 6.07) is 7.32. The maximum absolute atomic E-state index is 12.9. The zero-order chi connectivity index (χ0) is 15.1. The van der Waals surface area contributed by atoms with Gasteiger partial charge in [-0.15, -0.1) is 12.4 Å². The summed E-state index contributed by atoms with van der Waals surface area (Å²) in [5.41, 5.74) is -0.247. The van der Waals surface area contributed by atoms with Crippen LogP contribution < -0.4 is 5.32 Å². The van der Waals surface area contributed by atoms with Crippen LogP contribution in [0.3, 0.4) is 0 Å². The Hall–Kier alpha value is -0.570. The Morgan fingerprint density at radius 2 is 2.10 bits per heavy atom. The molecule has 0 radical (unpaired) electrons. The van der Waals surface area contributed by atoms with E-state index in [0.717, 1.165) is 12.1 Å². The lowest BCUT2D eigenvalue weighted by atomic mass is 9.75. The first-order chi connectivity index (χ1) is 9.96. The molecule has 2 fully saturated rings. The number of ketones is 1. The summed E-state index contributed by atoms with van der Waals surface area (Å²) in [5.74, 6) is 0.250. The van der Waals surface area contributed by atoms with E-state index in [-0.39, 0.29) is 18.2 Å². The van der Waals surface area contributed by atoms with Gasteiger partial charge in [0.2, 0.25) is 0 Å². The summed E-state index contributed by atoms with van der Waals surface area (Å²) < 4.78 is 16.1. The summed E-state index contributed by atoms with van der Waals surface area (Å²) in [6.07, 6.45) is 2.18. The molecule has 1 aromatic carbocycles. The molecule has 1 aromatic rings. The fourth-order valence-electron chi connectivity index (χ4n) is 2.79. The first-order valence-electron chi connectivity index (χ1n) is 8.01. The number of Topliss-reactive ketones (excluding diaryl/α,β-unsaturated/α-hetero) is 1. The van der Waals surface area contributed by atoms with Gasteiger partial charge in [-0.25, -0.2) is 0 Å². The normalized spacial score (nSPS) is 30.1. The highest BCUT2D eigenvalue weighted by Gasteiger charge is 2.43. The van der Waals surface area contributed by atoms with Crippen LogP contribution in [0.25, 0.3) is 0 Å². The third kappa shape index (κ3) is 3.03. The van der Waals surface area contributed by atoms with Gasteiger partial charge < -0.3 is 5.32 Å². The zero-order valence-electron chi connectivity index (χ0n) is 13.3. The third-order valence-electron chi connectivity index (χ3n) is 4.12. The predicted molar refractivity (Wildman–Crippen MR) is 84.6 cm³/mol. The van der Waals surface area contributed by atoms with Crippen LogP contribution in [-0.4, -0.2) is 12.3 Å². The van der Waals surface area contributed by atoms with Gasteiger partial charge in [-0.1, -0.05) is 36.2 Å². The lowest BCUT2D eigenvalue weighted by molar-refractivity contribution is -0.128. The van der Waals surface area contributed by atoms with Crippen molar-refractivity contribution in [3.63, 3.8) is 0 Å². The van der Waals surface area contributed by atoms with Crippen LogP contribution in [0.4, 0.5) is 0 Å². The van der Waals surface area contributed by atoms with E-state index in [1.807, 2.05) is 18.2 Å². The van der Waals surface area contributed by atoms with Crippen LogP contribution in [0.2, 0.25) is 5.02 Å². The molecule has 0 heterocycles. The first kappa shape index (κ1) is 13.1. The molecule has 20 heavy (non-hydrogen) atoms. The quantitative estimate of drug-likeness (QED) is 0.906. The van der Waals surface area contributed by atoms with Crippen molar-refractivity contribution in [2.75, 3.05) is 6.54 Å². The van der Waals surface area contributed by atoms with Gasteiger partial charge in [0, 0.05) is 14.1 Å². The van der Waals surface area contributed by atoms with Gasteiger partial charge >= 0.3 is 0 Å². The van der Waals surface area contributed by atoms with Gasteiger partial charge in [-0.2, -0.15) is 0 Å². The molecule has 110 valence electrons. The number of carbonyl (C=O) groups excluding carboxylic acids is 1. The van der Waals surface area contributed by atoms with E-state index in [0.29, 0.717) is 30.2 Å². The van der Waals surface area contributed by atoms with E-state index in [9.17, 15) is 4.79 Å². The monoisotopic (exact) mass is 315 g/mol. The highest BCUT2D eigenvalue weighted by molar-refractivity contribution is 6.31. The molecular weight excluding hydrogens is 293 g/mol. The fraction of sp³-hybridized carbons (Fsp3) is 0.562. The van der Waals surface area contributed by atoms with Crippen molar-refractivity contribution in [3.8, 4) is 0 Å². The molecule has 0 amide bonds. The number of carbonyl (C=O) groups is 1. The molecule has 0 spiro atoms. The van der Waals surface area contributed by atoms with Gasteiger partial charge in [0.05, 0.1) is 0 Å². The smallest absolute Gasteiger partial charge is 0.157 e. The number of benzene rings is 1. The van der Waals surface area contributed by atoms with Gasteiger partial charge in [0.15, 0.2) is 5.78 Å². The Balaban J connectivity index is 0.00000176. The predicted octanol–water partition coefficient (Wildman–Crippen LogP) is 4.10. The largest absolute Gasteiger partial charge is 0.301 e. The lowest BCUT2D eigenvalue weighted by Gasteiger charge is -2.38. The average molecular weight is 316 g/mol. The molecule has 2 nitrogen and oxygen atoms in total. The Kier molecular flexibility index (Phi) is 4.24. The molecule has 0 aliphatic heterocycles. The second kappa shape index (κ2) is 6.46. The van der Waals surface area contributed by atoms with E-state index in [4.69, 9.17) is 14.3 Å². The van der Waals surface area contributed by atoms with Crippen molar-refractivity contribution in [3.05, 3.63) is 34.9 Å². The van der Waals surface area contributed by atoms with Crippen molar-refractivity contribution >= 4 is 29.8 Å². The minimum atomic E-state index is -1.78. The van der Waals surface area contributed by atoms with Crippen LogP contribution in [0, 0.1) is 5.92 Å². The van der Waals surface area contributed by atoms with E-state index in [1.165, 1.54) is 12.8 Å². The van der Waals surface area contributed by atoms with E-state index < -0.39 is 11.9 Å². The average Bonchev–Trinajstić information content (AvgIpc) is 3.26. The van der Waals surface area contributed by atoms with Gasteiger partial charge in [0.1, 0.15) is 5.54 Å². The molecule has 2 aliphatic rings. The van der Waals surface area contributed by atoms with Crippen molar-refractivity contribution in [2.24, 2.45) is 5.92 Å². The van der Waals surface area contributed by atoms with Crippen LogP contribution in [0.5, 0.6) is 0 Å². The Morgan fingerprint density at radius 1 is 1.35 bits per heavy atom. The van der Waals surface area contributed by atoms with E-state index >= 15 is 0 Å². The molecule has 0 bridgehead atoms. The van der Waals surface area contributed by atoms with Gasteiger partial charge in [0.25, 0.3) is 0 Å². The standard InChI is InChI=1S/C16H20ClNO.ClH/c17-14-6-2-1-5-13(14)16(18-11-12-8-9-12)10-4-3-7-15(16)19;/h1-2,5-6,12,18H,3-4,7-11H2;1H/t16-;/m0./s1/i7D2;. The maximum Gasteiger partial charge on any atom is 0.157 e. The maximum atomic E-state index is 12.9. The van der Waals surface area contributed by atoms with Crippen LogP contribution >= 0.6 is 24.0 Å². The summed E-state index contributed by atoms with van der Waals surface area (Å²) >= 11 is 6.32. The lowest BCUT2D eigenvalue weighted by Crippen LogP contribution is -2.51. The van der Waals surface area contributed by atoms with Crippen LogP contribution in [-0.2, 0) is 10.3 Å². The van der Waals surface area contributed by atoms with Crippen LogP contribution in [0.15, 0.2) is 24.3 Å². The topological polar surface area (TPSA) is 29.1 Å². The Labute approximate surface area is 134 Å². The molecule has 1 atom stereocenters. The molecule has 3 rings (SSSR count). The number of hydrogen-bond donors (Lipinski definition) is 1. The molecule has 2 aliphatic carbocycles. The summed E-state index contributed by atoms with van der Waals surface area (Å²) in [4.78, 5) is 12.9. The summed E-state index contributed by atoms with van der Waals surface area (Å²) in [5, 5.41) is 3.92. The second-order valence-corrected chi connectivity index (χ2v) is 5.98. The highest BCUT2D eigenvalue weighted by atomic mass is 35.5. The molecule has 1 N–H and O–H groups in total. The van der Waals surface area contributed by atoms with Crippen molar-refractivity contribution in [2.45, 2.75) is 44.0 Å². The van der Waals surface area contributed by atoms with Gasteiger partial charge in [-0.05, 0) is 49.8 Å². The van der Waals surface area contributed by atoms with Crippen molar-refractivity contribution in [1.29, 1.82) is 0 Å². The molecule has 0 aromatic heterocycles. The highest BCUT2D eigenvalue weighted by Crippen LogP contribution is 2.39. The van der Waals surface area contributed by atoms with E-state index in [2.05, 4.69) is 5.32 Å². The molecule has 0 saturated heterocycles. The fourth-order valence-corrected chi connectivity index (χ4v) is 3.09. The zero-order valence-corrected chi connectivity index (χ0v) is 12.9. The third-order valence-corrected chi connectivity index (χ3v) is 4.45. The first-order valence-corrected chi connectivity index (χ1v) is 7.38. The minimum absolute atomic E-state index is 0. The van der Waals surface area contributed by atoms with Crippen molar-refractivity contribution < 1.29 is 7.54 Å². The Bertz CT molecular complexity index is 563. The number of hydrogen-bond acceptors (Lipinski definition) is 2. The summed E-state index contributed by atoms with van der Waals surface area (Å²) in [7, 11) is 0. The van der Waals surface area contributed by atoms with E-state index in [1.54, 1.807) is 6.07 Å². The molecule has 4 heteroatoms. The number of nitrogens with one attached hydrogen (secondary N) is 1. The van der Waals surface area contributed by atoms with Crippen molar-refractivity contribution in [1.82, 2.24) is 5.32 Å². The Morgan fingerprint density at radius 3 is 2.80 bits per heavy atom. The van der Waals surface area contributed by atoms with Gasteiger partial charge in [-0.3, -0.25) is 4.79 Å². The number of halogens is 2. The second-order valence-electron chi connectivity index (χ2n) is 5.57. The minimum Gasteiger partial charge on any atom is -0.301 e. The SMILES string of the molecule is Cl.[2H]C1([2H])CCC[C@](NCC2CC2)(c2ccccc2Cl)C1=O. The number of rotatable bonds is 4. The molecule has 2 saturated carbocycles. The molecular formula is C16H21Cl2NO. The van der Waals surface area contributed by atoms with Crippen LogP contribution in [0.1, 0.15) is 46.8 Å². The summed E-state index contributed by atoms with van der Waals surface area (Å²) in [6.45, 7) is 0.757. The molecule has 0 unspecified atom stereocenters.